The lowest BCUT2D eigenvalue weighted by Crippen LogP contribution is -2.28. The van der Waals surface area contributed by atoms with Crippen LogP contribution in [0.15, 0.2) is 28.6 Å². The SMILES string of the molecule is CCNc1nnc(SCC(=O)N[C@@H](C)c2cccc(Cl)c2)s1. The zero-order chi connectivity index (χ0) is 15.9. The lowest BCUT2D eigenvalue weighted by molar-refractivity contribution is -0.119. The molecule has 1 heterocycles. The minimum Gasteiger partial charge on any atom is -0.360 e. The number of benzene rings is 1. The molecule has 0 aliphatic heterocycles. The Kier molecular flexibility index (Phi) is 6.48. The van der Waals surface area contributed by atoms with E-state index in [4.69, 9.17) is 11.6 Å². The van der Waals surface area contributed by atoms with Crippen molar-refractivity contribution in [3.8, 4) is 0 Å². The van der Waals surface area contributed by atoms with E-state index >= 15 is 0 Å². The van der Waals surface area contributed by atoms with E-state index in [2.05, 4.69) is 20.8 Å². The Labute approximate surface area is 142 Å². The van der Waals surface area contributed by atoms with Gasteiger partial charge in [-0.3, -0.25) is 4.79 Å². The monoisotopic (exact) mass is 356 g/mol. The first-order chi connectivity index (χ1) is 10.6. The Morgan fingerprint density at radius 3 is 3.00 bits per heavy atom. The first-order valence-electron chi connectivity index (χ1n) is 6.83. The summed E-state index contributed by atoms with van der Waals surface area (Å²) in [5.41, 5.74) is 0.983. The number of anilines is 1. The third-order valence-corrected chi connectivity index (χ3v) is 5.04. The van der Waals surface area contributed by atoms with Crippen LogP contribution in [0, 0.1) is 0 Å². The van der Waals surface area contributed by atoms with Gasteiger partial charge in [-0.05, 0) is 31.5 Å². The van der Waals surface area contributed by atoms with Crippen molar-refractivity contribution in [3.05, 3.63) is 34.9 Å². The Bertz CT molecular complexity index is 635. The molecule has 0 unspecified atom stereocenters. The Morgan fingerprint density at radius 1 is 1.45 bits per heavy atom. The fourth-order valence-electron chi connectivity index (χ4n) is 1.76. The molecule has 2 N–H and O–H groups in total. The molecule has 0 bridgehead atoms. The van der Waals surface area contributed by atoms with Crippen LogP contribution in [0.1, 0.15) is 25.5 Å². The minimum atomic E-state index is -0.0847. The van der Waals surface area contributed by atoms with Crippen LogP contribution in [0.3, 0.4) is 0 Å². The van der Waals surface area contributed by atoms with E-state index < -0.39 is 0 Å². The normalized spacial score (nSPS) is 12.0. The molecular weight excluding hydrogens is 340 g/mol. The van der Waals surface area contributed by atoms with Crippen molar-refractivity contribution >= 4 is 45.7 Å². The van der Waals surface area contributed by atoms with Crippen molar-refractivity contribution in [2.75, 3.05) is 17.6 Å². The number of carbonyl (C=O) groups excluding carboxylic acids is 1. The fraction of sp³-hybridized carbons (Fsp3) is 0.357. The van der Waals surface area contributed by atoms with Crippen LogP contribution in [0.25, 0.3) is 0 Å². The molecule has 1 atom stereocenters. The second kappa shape index (κ2) is 8.36. The molecule has 2 aromatic rings. The van der Waals surface area contributed by atoms with Gasteiger partial charge < -0.3 is 10.6 Å². The maximum atomic E-state index is 12.0. The molecule has 1 amide bonds. The number of aromatic nitrogens is 2. The van der Waals surface area contributed by atoms with Gasteiger partial charge in [0, 0.05) is 11.6 Å². The Morgan fingerprint density at radius 2 is 2.27 bits per heavy atom. The van der Waals surface area contributed by atoms with Crippen molar-refractivity contribution in [2.24, 2.45) is 0 Å². The topological polar surface area (TPSA) is 66.9 Å². The molecule has 2 rings (SSSR count). The molecule has 0 spiro atoms. The molecule has 0 aliphatic carbocycles. The van der Waals surface area contributed by atoms with Crippen LogP contribution in [0.4, 0.5) is 5.13 Å². The Hall–Kier alpha value is -1.31. The molecule has 0 saturated heterocycles. The molecule has 0 fully saturated rings. The zero-order valence-electron chi connectivity index (χ0n) is 12.3. The van der Waals surface area contributed by atoms with Crippen LogP contribution < -0.4 is 10.6 Å². The third-order valence-electron chi connectivity index (χ3n) is 2.79. The van der Waals surface area contributed by atoms with Crippen LogP contribution in [-0.4, -0.2) is 28.4 Å². The summed E-state index contributed by atoms with van der Waals surface area (Å²) in [7, 11) is 0. The standard InChI is InChI=1S/C14H17ClN4OS2/c1-3-16-13-18-19-14(22-13)21-8-12(20)17-9(2)10-5-4-6-11(15)7-10/h4-7,9H,3,8H2,1-2H3,(H,16,18)(H,17,20)/t9-/m0/s1. The van der Waals surface area contributed by atoms with Crippen LogP contribution >= 0.6 is 34.7 Å². The predicted octanol–water partition coefficient (Wildman–Crippen LogP) is 3.59. The van der Waals surface area contributed by atoms with Crippen molar-refractivity contribution < 1.29 is 4.79 Å². The second-order valence-electron chi connectivity index (χ2n) is 4.54. The second-order valence-corrected chi connectivity index (χ2v) is 7.17. The van der Waals surface area contributed by atoms with Gasteiger partial charge in [-0.15, -0.1) is 10.2 Å². The van der Waals surface area contributed by atoms with Gasteiger partial charge in [0.1, 0.15) is 0 Å². The van der Waals surface area contributed by atoms with Gasteiger partial charge in [0.25, 0.3) is 0 Å². The summed E-state index contributed by atoms with van der Waals surface area (Å²) in [5, 5.41) is 15.5. The first-order valence-corrected chi connectivity index (χ1v) is 9.01. The molecule has 8 heteroatoms. The summed E-state index contributed by atoms with van der Waals surface area (Å²) in [4.78, 5) is 12.0. The summed E-state index contributed by atoms with van der Waals surface area (Å²) < 4.78 is 0.779. The van der Waals surface area contributed by atoms with E-state index in [1.54, 1.807) is 0 Å². The summed E-state index contributed by atoms with van der Waals surface area (Å²) in [5.74, 6) is 0.267. The maximum absolute atomic E-state index is 12.0. The Balaban J connectivity index is 1.82. The van der Waals surface area contributed by atoms with E-state index in [-0.39, 0.29) is 11.9 Å². The summed E-state index contributed by atoms with van der Waals surface area (Å²) in [6.07, 6.45) is 0. The number of carbonyl (C=O) groups is 1. The average molecular weight is 357 g/mol. The van der Waals surface area contributed by atoms with E-state index in [9.17, 15) is 4.79 Å². The largest absolute Gasteiger partial charge is 0.360 e. The molecule has 0 saturated carbocycles. The minimum absolute atomic E-state index is 0.0438. The van der Waals surface area contributed by atoms with E-state index in [1.165, 1.54) is 23.1 Å². The van der Waals surface area contributed by atoms with Gasteiger partial charge in [-0.25, -0.2) is 0 Å². The van der Waals surface area contributed by atoms with Gasteiger partial charge in [-0.2, -0.15) is 0 Å². The molecule has 118 valence electrons. The number of halogens is 1. The fourth-order valence-corrected chi connectivity index (χ4v) is 3.59. The number of hydrogen-bond donors (Lipinski definition) is 2. The van der Waals surface area contributed by atoms with Gasteiger partial charge in [0.15, 0.2) is 4.34 Å². The summed E-state index contributed by atoms with van der Waals surface area (Å²) in [6, 6.07) is 7.40. The van der Waals surface area contributed by atoms with Gasteiger partial charge in [0.2, 0.25) is 11.0 Å². The highest BCUT2D eigenvalue weighted by Gasteiger charge is 2.12. The maximum Gasteiger partial charge on any atom is 0.230 e. The van der Waals surface area contributed by atoms with Crippen LogP contribution in [0.2, 0.25) is 5.02 Å². The smallest absolute Gasteiger partial charge is 0.230 e. The lowest BCUT2D eigenvalue weighted by Gasteiger charge is -2.14. The van der Waals surface area contributed by atoms with Crippen molar-refractivity contribution in [1.29, 1.82) is 0 Å². The van der Waals surface area contributed by atoms with Gasteiger partial charge in [0.05, 0.1) is 11.8 Å². The molecule has 1 aromatic carbocycles. The average Bonchev–Trinajstić information content (AvgIpc) is 2.93. The zero-order valence-corrected chi connectivity index (χ0v) is 14.7. The quantitative estimate of drug-likeness (QED) is 0.742. The molecular formula is C14H17ClN4OS2. The predicted molar refractivity (Wildman–Crippen MR) is 92.8 cm³/mol. The molecule has 0 aliphatic rings. The third kappa shape index (κ3) is 5.15. The van der Waals surface area contributed by atoms with Crippen molar-refractivity contribution in [3.63, 3.8) is 0 Å². The van der Waals surface area contributed by atoms with Gasteiger partial charge >= 0.3 is 0 Å². The van der Waals surface area contributed by atoms with Crippen molar-refractivity contribution in [2.45, 2.75) is 24.2 Å². The van der Waals surface area contributed by atoms with E-state index in [1.807, 2.05) is 38.1 Å². The first kappa shape index (κ1) is 17.1. The number of thioether (sulfide) groups is 1. The van der Waals surface area contributed by atoms with Gasteiger partial charge in [-0.1, -0.05) is 46.8 Å². The number of hydrogen-bond acceptors (Lipinski definition) is 6. The van der Waals surface area contributed by atoms with Crippen LogP contribution in [0.5, 0.6) is 0 Å². The molecule has 5 nitrogen and oxygen atoms in total. The highest BCUT2D eigenvalue weighted by molar-refractivity contribution is 8.01. The van der Waals surface area contributed by atoms with E-state index in [0.717, 1.165) is 21.6 Å². The summed E-state index contributed by atoms with van der Waals surface area (Å²) >= 11 is 8.79. The highest BCUT2D eigenvalue weighted by Crippen LogP contribution is 2.25. The molecule has 22 heavy (non-hydrogen) atoms. The lowest BCUT2D eigenvalue weighted by atomic mass is 10.1. The number of nitrogens with zero attached hydrogens (tertiary/aromatic N) is 2. The highest BCUT2D eigenvalue weighted by atomic mass is 35.5. The number of amides is 1. The van der Waals surface area contributed by atoms with Crippen LogP contribution in [-0.2, 0) is 4.79 Å². The number of rotatable bonds is 7. The molecule has 0 radical (unpaired) electrons. The van der Waals surface area contributed by atoms with Crippen molar-refractivity contribution in [1.82, 2.24) is 15.5 Å². The molecule has 1 aromatic heterocycles. The van der Waals surface area contributed by atoms with E-state index in [0.29, 0.717) is 10.8 Å². The summed E-state index contributed by atoms with van der Waals surface area (Å²) in [6.45, 7) is 4.73. The number of nitrogens with one attached hydrogen (secondary N) is 2.